The third kappa shape index (κ3) is 8.45. The van der Waals surface area contributed by atoms with E-state index >= 15 is 0 Å². The molecule has 0 aliphatic carbocycles. The van der Waals surface area contributed by atoms with Crippen LogP contribution in [0.1, 0.15) is 84.5 Å². The minimum absolute atomic E-state index is 0.236. The average Bonchev–Trinajstić information content (AvgIpc) is 2.98. The van der Waals surface area contributed by atoms with Crippen LogP contribution >= 0.6 is 0 Å². The summed E-state index contributed by atoms with van der Waals surface area (Å²) in [5, 5.41) is 13.2. The molecule has 0 aromatic carbocycles. The summed E-state index contributed by atoms with van der Waals surface area (Å²) in [6.45, 7) is 6.25. The van der Waals surface area contributed by atoms with Crippen molar-refractivity contribution in [2.24, 2.45) is 0 Å². The van der Waals surface area contributed by atoms with Gasteiger partial charge in [-0.1, -0.05) is 64.7 Å². The standard InChI is InChI=1S/C18H36N2O/c1-3-4-5-6-7-8-9-10-11-12-13-18(17(2)21)20-15-14-19-16-20/h16-18,21H,3-15H2,1-2H3/p+1. The van der Waals surface area contributed by atoms with E-state index in [0.717, 1.165) is 19.5 Å². The lowest BCUT2D eigenvalue weighted by atomic mass is 10.0. The topological polar surface area (TPSA) is 35.3 Å². The normalized spacial score (nSPS) is 17.4. The highest BCUT2D eigenvalue weighted by atomic mass is 16.3. The van der Waals surface area contributed by atoms with Crippen LogP contribution in [0.15, 0.2) is 0 Å². The summed E-state index contributed by atoms with van der Waals surface area (Å²) in [6, 6.07) is 0.300. The molecule has 3 nitrogen and oxygen atoms in total. The highest BCUT2D eigenvalue weighted by molar-refractivity contribution is 5.49. The number of rotatable bonds is 13. The minimum atomic E-state index is -0.236. The molecule has 0 radical (unpaired) electrons. The molecule has 0 amide bonds. The Labute approximate surface area is 131 Å². The fourth-order valence-electron chi connectivity index (χ4n) is 3.23. The maximum absolute atomic E-state index is 9.93. The largest absolute Gasteiger partial charge is 0.389 e. The van der Waals surface area contributed by atoms with Gasteiger partial charge in [-0.15, -0.1) is 0 Å². The van der Waals surface area contributed by atoms with Gasteiger partial charge in [0.05, 0.1) is 6.10 Å². The SMILES string of the molecule is CCCCCCCCCCCCC(C(C)O)[N+]1=CNCC1. The fraction of sp³-hybridized carbons (Fsp3) is 0.944. The number of nitrogens with zero attached hydrogens (tertiary/aromatic N) is 1. The van der Waals surface area contributed by atoms with E-state index in [-0.39, 0.29) is 6.10 Å². The van der Waals surface area contributed by atoms with E-state index in [1.807, 2.05) is 13.3 Å². The van der Waals surface area contributed by atoms with Crippen LogP contribution in [-0.4, -0.2) is 41.3 Å². The van der Waals surface area contributed by atoms with Crippen molar-refractivity contribution in [3.63, 3.8) is 0 Å². The molecule has 2 N–H and O–H groups in total. The van der Waals surface area contributed by atoms with Crippen LogP contribution in [0, 0.1) is 0 Å². The van der Waals surface area contributed by atoms with E-state index in [0.29, 0.717) is 6.04 Å². The van der Waals surface area contributed by atoms with Crippen LogP contribution in [-0.2, 0) is 0 Å². The van der Waals surface area contributed by atoms with Gasteiger partial charge in [0.25, 0.3) is 0 Å². The lowest BCUT2D eigenvalue weighted by Crippen LogP contribution is -2.35. The Bertz CT molecular complexity index is 276. The molecule has 3 heteroatoms. The third-order valence-electron chi connectivity index (χ3n) is 4.61. The van der Waals surface area contributed by atoms with Crippen LogP contribution in [0.25, 0.3) is 0 Å². The number of aliphatic hydroxyl groups excluding tert-OH is 1. The highest BCUT2D eigenvalue weighted by Gasteiger charge is 2.24. The Morgan fingerprint density at radius 1 is 1.00 bits per heavy atom. The van der Waals surface area contributed by atoms with Crippen molar-refractivity contribution < 1.29 is 9.68 Å². The maximum atomic E-state index is 9.93. The van der Waals surface area contributed by atoms with Crippen molar-refractivity contribution in [2.75, 3.05) is 13.1 Å². The molecule has 1 aliphatic heterocycles. The molecule has 1 rings (SSSR count). The van der Waals surface area contributed by atoms with Gasteiger partial charge in [-0.2, -0.15) is 0 Å². The van der Waals surface area contributed by atoms with E-state index in [4.69, 9.17) is 0 Å². The smallest absolute Gasteiger partial charge is 0.232 e. The quantitative estimate of drug-likeness (QED) is 0.402. The Balaban J connectivity index is 1.97. The molecule has 1 aliphatic rings. The second-order valence-corrected chi connectivity index (χ2v) is 6.60. The molecule has 0 aromatic rings. The zero-order valence-corrected chi connectivity index (χ0v) is 14.3. The molecular weight excluding hydrogens is 260 g/mol. The van der Waals surface area contributed by atoms with Gasteiger partial charge in [-0.3, -0.25) is 9.89 Å². The summed E-state index contributed by atoms with van der Waals surface area (Å²) in [6.07, 6.45) is 16.7. The van der Waals surface area contributed by atoms with Crippen molar-refractivity contribution in [3.8, 4) is 0 Å². The number of nitrogens with one attached hydrogen (secondary N) is 1. The number of hydrogen-bond acceptors (Lipinski definition) is 2. The second-order valence-electron chi connectivity index (χ2n) is 6.60. The first kappa shape index (κ1) is 18.5. The summed E-state index contributed by atoms with van der Waals surface area (Å²) >= 11 is 0. The van der Waals surface area contributed by atoms with Crippen LogP contribution in [0.3, 0.4) is 0 Å². The van der Waals surface area contributed by atoms with Crippen LogP contribution in [0.4, 0.5) is 0 Å². The third-order valence-corrected chi connectivity index (χ3v) is 4.61. The molecule has 0 saturated heterocycles. The number of unbranched alkanes of at least 4 members (excludes halogenated alkanes) is 9. The molecule has 0 aromatic heterocycles. The molecule has 1 heterocycles. The van der Waals surface area contributed by atoms with Gasteiger partial charge in [0, 0.05) is 0 Å². The zero-order valence-electron chi connectivity index (χ0n) is 14.3. The average molecular weight is 298 g/mol. The second kappa shape index (κ2) is 12.0. The number of aliphatic hydroxyl groups is 1. The molecular formula is C18H37N2O+. The molecule has 124 valence electrons. The molecule has 0 fully saturated rings. The Kier molecular flexibility index (Phi) is 10.6. The fourth-order valence-corrected chi connectivity index (χ4v) is 3.23. The molecule has 0 saturated carbocycles. The molecule has 2 atom stereocenters. The van der Waals surface area contributed by atoms with Crippen LogP contribution in [0.5, 0.6) is 0 Å². The van der Waals surface area contributed by atoms with Gasteiger partial charge >= 0.3 is 0 Å². The van der Waals surface area contributed by atoms with Gasteiger partial charge in [0.1, 0.15) is 19.1 Å². The van der Waals surface area contributed by atoms with Gasteiger partial charge in [0.2, 0.25) is 6.34 Å². The number of hydrogen-bond donors (Lipinski definition) is 2. The summed E-state index contributed by atoms with van der Waals surface area (Å²) in [5.41, 5.74) is 0. The predicted molar refractivity (Wildman–Crippen MR) is 91.1 cm³/mol. The lowest BCUT2D eigenvalue weighted by Gasteiger charge is -2.19. The van der Waals surface area contributed by atoms with E-state index < -0.39 is 0 Å². The molecule has 21 heavy (non-hydrogen) atoms. The molecule has 0 bridgehead atoms. The summed E-state index contributed by atoms with van der Waals surface area (Å²) in [4.78, 5) is 0. The maximum Gasteiger partial charge on any atom is 0.232 e. The van der Waals surface area contributed by atoms with Gasteiger partial charge in [0.15, 0.2) is 0 Å². The lowest BCUT2D eigenvalue weighted by molar-refractivity contribution is -0.564. The Morgan fingerprint density at radius 2 is 1.57 bits per heavy atom. The van der Waals surface area contributed by atoms with Crippen LogP contribution in [0.2, 0.25) is 0 Å². The van der Waals surface area contributed by atoms with Crippen molar-refractivity contribution in [3.05, 3.63) is 0 Å². The van der Waals surface area contributed by atoms with Crippen molar-refractivity contribution in [1.29, 1.82) is 0 Å². The predicted octanol–water partition coefficient (Wildman–Crippen LogP) is 3.69. The van der Waals surface area contributed by atoms with Crippen LogP contribution < -0.4 is 5.32 Å². The summed E-state index contributed by atoms with van der Waals surface area (Å²) < 4.78 is 2.28. The van der Waals surface area contributed by atoms with Gasteiger partial charge in [-0.05, 0) is 19.8 Å². The molecule has 0 spiro atoms. The van der Waals surface area contributed by atoms with Gasteiger partial charge < -0.3 is 5.11 Å². The minimum Gasteiger partial charge on any atom is -0.389 e. The van der Waals surface area contributed by atoms with Gasteiger partial charge in [-0.25, -0.2) is 0 Å². The van der Waals surface area contributed by atoms with Crippen molar-refractivity contribution in [2.45, 2.75) is 96.6 Å². The summed E-state index contributed by atoms with van der Waals surface area (Å²) in [5.74, 6) is 0. The van der Waals surface area contributed by atoms with E-state index in [1.165, 1.54) is 64.2 Å². The van der Waals surface area contributed by atoms with Crippen molar-refractivity contribution >= 4 is 6.34 Å². The first-order valence-electron chi connectivity index (χ1n) is 9.26. The summed E-state index contributed by atoms with van der Waals surface area (Å²) in [7, 11) is 0. The van der Waals surface area contributed by atoms with E-state index in [1.54, 1.807) is 0 Å². The highest BCUT2D eigenvalue weighted by Crippen LogP contribution is 2.14. The Hall–Kier alpha value is -0.570. The molecule has 2 unspecified atom stereocenters. The monoisotopic (exact) mass is 297 g/mol. The van der Waals surface area contributed by atoms with E-state index in [9.17, 15) is 5.11 Å². The van der Waals surface area contributed by atoms with Crippen molar-refractivity contribution in [1.82, 2.24) is 5.32 Å². The van der Waals surface area contributed by atoms with E-state index in [2.05, 4.69) is 16.8 Å². The first-order valence-corrected chi connectivity index (χ1v) is 9.26. The first-order chi connectivity index (χ1) is 10.3. The zero-order chi connectivity index (χ0) is 15.3. The Morgan fingerprint density at radius 3 is 2.05 bits per heavy atom.